The molecular formula is C16H16N4O. The molecule has 0 spiro atoms. The lowest BCUT2D eigenvalue weighted by atomic mass is 10.2. The molecule has 5 heteroatoms. The van der Waals surface area contributed by atoms with E-state index in [2.05, 4.69) is 10.3 Å². The second-order valence-electron chi connectivity index (χ2n) is 4.85. The zero-order valence-electron chi connectivity index (χ0n) is 12.0. The Balaban J connectivity index is 2.18. The van der Waals surface area contributed by atoms with Crippen LogP contribution in [-0.2, 0) is 6.42 Å². The molecule has 106 valence electrons. The molecule has 0 aliphatic carbocycles. The Kier molecular flexibility index (Phi) is 3.39. The van der Waals surface area contributed by atoms with Crippen molar-refractivity contribution in [1.82, 2.24) is 19.6 Å². The summed E-state index contributed by atoms with van der Waals surface area (Å²) in [7, 11) is 0. The van der Waals surface area contributed by atoms with Gasteiger partial charge in [-0.2, -0.15) is 0 Å². The van der Waals surface area contributed by atoms with Crippen LogP contribution in [0.1, 0.15) is 18.3 Å². The van der Waals surface area contributed by atoms with Crippen molar-refractivity contribution in [3.63, 3.8) is 0 Å². The molecule has 5 nitrogen and oxygen atoms in total. The predicted octanol–water partition coefficient (Wildman–Crippen LogP) is 2.29. The molecular weight excluding hydrogens is 264 g/mol. The summed E-state index contributed by atoms with van der Waals surface area (Å²) in [4.78, 5) is 12.2. The van der Waals surface area contributed by atoms with Crippen LogP contribution < -0.4 is 5.56 Å². The number of aromatic nitrogens is 4. The van der Waals surface area contributed by atoms with Gasteiger partial charge in [-0.1, -0.05) is 24.3 Å². The Morgan fingerprint density at radius 1 is 1.10 bits per heavy atom. The molecule has 0 aliphatic heterocycles. The Bertz CT molecular complexity index is 832. The van der Waals surface area contributed by atoms with Gasteiger partial charge in [0, 0.05) is 11.8 Å². The molecule has 1 aromatic carbocycles. The average molecular weight is 280 g/mol. The van der Waals surface area contributed by atoms with Gasteiger partial charge in [0.15, 0.2) is 0 Å². The highest BCUT2D eigenvalue weighted by Gasteiger charge is 2.07. The van der Waals surface area contributed by atoms with E-state index in [1.807, 2.05) is 44.2 Å². The van der Waals surface area contributed by atoms with Gasteiger partial charge in [0.2, 0.25) is 0 Å². The van der Waals surface area contributed by atoms with Crippen molar-refractivity contribution >= 4 is 0 Å². The first kappa shape index (κ1) is 13.3. The van der Waals surface area contributed by atoms with Gasteiger partial charge in [-0.3, -0.25) is 9.36 Å². The molecule has 3 rings (SSSR count). The first-order valence-electron chi connectivity index (χ1n) is 6.90. The van der Waals surface area contributed by atoms with Gasteiger partial charge in [0.05, 0.1) is 23.3 Å². The maximum Gasteiger partial charge on any atom is 0.255 e. The highest BCUT2D eigenvalue weighted by Crippen LogP contribution is 2.15. The van der Waals surface area contributed by atoms with Crippen molar-refractivity contribution in [2.45, 2.75) is 20.3 Å². The van der Waals surface area contributed by atoms with E-state index in [-0.39, 0.29) is 5.56 Å². The van der Waals surface area contributed by atoms with Crippen LogP contribution in [0.5, 0.6) is 0 Å². The third kappa shape index (κ3) is 2.38. The van der Waals surface area contributed by atoms with E-state index in [0.29, 0.717) is 0 Å². The summed E-state index contributed by atoms with van der Waals surface area (Å²) in [6, 6.07) is 13.1. The number of pyridine rings is 1. The topological polar surface area (TPSA) is 52.7 Å². The molecule has 2 aromatic heterocycles. The zero-order valence-corrected chi connectivity index (χ0v) is 12.0. The summed E-state index contributed by atoms with van der Waals surface area (Å²) < 4.78 is 3.48. The summed E-state index contributed by atoms with van der Waals surface area (Å²) in [5, 5.41) is 7.96. The van der Waals surface area contributed by atoms with Crippen LogP contribution in [0.25, 0.3) is 11.4 Å². The van der Waals surface area contributed by atoms with Crippen LogP contribution >= 0.6 is 0 Å². The summed E-state index contributed by atoms with van der Waals surface area (Å²) in [5.74, 6) is 0. The Morgan fingerprint density at radius 3 is 2.57 bits per heavy atom. The molecule has 0 atom stereocenters. The minimum absolute atomic E-state index is 0.0261. The fraction of sp³-hybridized carbons (Fsp3) is 0.188. The molecule has 0 fully saturated rings. The summed E-state index contributed by atoms with van der Waals surface area (Å²) in [5.41, 5.74) is 3.63. The molecule has 0 radical (unpaired) electrons. The lowest BCUT2D eigenvalue weighted by Crippen LogP contribution is -2.20. The van der Waals surface area contributed by atoms with Crippen molar-refractivity contribution in [2.24, 2.45) is 0 Å². The summed E-state index contributed by atoms with van der Waals surface area (Å²) >= 11 is 0. The molecule has 3 aromatic rings. The SMILES string of the molecule is CCc1cccc(=O)n1-c1cccc(-n2nncc2C)c1. The van der Waals surface area contributed by atoms with Crippen LogP contribution in [0, 0.1) is 6.92 Å². The van der Waals surface area contributed by atoms with Crippen LogP contribution in [-0.4, -0.2) is 19.6 Å². The molecule has 21 heavy (non-hydrogen) atoms. The Hall–Kier alpha value is -2.69. The fourth-order valence-electron chi connectivity index (χ4n) is 2.41. The zero-order chi connectivity index (χ0) is 14.8. The van der Waals surface area contributed by atoms with Gasteiger partial charge in [0.1, 0.15) is 0 Å². The van der Waals surface area contributed by atoms with Gasteiger partial charge in [-0.05, 0) is 37.6 Å². The molecule has 0 saturated heterocycles. The van der Waals surface area contributed by atoms with E-state index in [0.717, 1.165) is 29.2 Å². The third-order valence-corrected chi connectivity index (χ3v) is 3.45. The summed E-state index contributed by atoms with van der Waals surface area (Å²) in [6.07, 6.45) is 2.50. The van der Waals surface area contributed by atoms with E-state index in [1.54, 1.807) is 27.6 Å². The number of aryl methyl sites for hydroxylation is 2. The quantitative estimate of drug-likeness (QED) is 0.739. The molecule has 0 unspecified atom stereocenters. The van der Waals surface area contributed by atoms with Crippen molar-refractivity contribution < 1.29 is 0 Å². The maximum atomic E-state index is 12.2. The lowest BCUT2D eigenvalue weighted by molar-refractivity contribution is 0.782. The molecule has 0 saturated carbocycles. The van der Waals surface area contributed by atoms with Gasteiger partial charge in [0.25, 0.3) is 5.56 Å². The van der Waals surface area contributed by atoms with Crippen LogP contribution in [0.15, 0.2) is 53.5 Å². The minimum atomic E-state index is -0.0261. The lowest BCUT2D eigenvalue weighted by Gasteiger charge is -2.12. The maximum absolute atomic E-state index is 12.2. The summed E-state index contributed by atoms with van der Waals surface area (Å²) in [6.45, 7) is 3.98. The van der Waals surface area contributed by atoms with Gasteiger partial charge in [-0.15, -0.1) is 5.10 Å². The Morgan fingerprint density at radius 2 is 1.86 bits per heavy atom. The van der Waals surface area contributed by atoms with E-state index in [1.165, 1.54) is 0 Å². The van der Waals surface area contributed by atoms with Crippen molar-refractivity contribution in [3.05, 3.63) is 70.4 Å². The van der Waals surface area contributed by atoms with E-state index in [9.17, 15) is 4.79 Å². The number of hydrogen-bond acceptors (Lipinski definition) is 3. The number of rotatable bonds is 3. The first-order valence-corrected chi connectivity index (χ1v) is 6.90. The second kappa shape index (κ2) is 5.36. The fourth-order valence-corrected chi connectivity index (χ4v) is 2.41. The van der Waals surface area contributed by atoms with Crippen LogP contribution in [0.4, 0.5) is 0 Å². The van der Waals surface area contributed by atoms with Gasteiger partial charge < -0.3 is 0 Å². The standard InChI is InChI=1S/C16H16N4O/c1-3-13-6-5-9-16(21)19(13)14-7-4-8-15(10-14)20-12(2)11-17-18-20/h4-11H,3H2,1-2H3. The molecule has 0 aliphatic rings. The largest absolute Gasteiger partial charge is 0.281 e. The normalized spacial score (nSPS) is 10.8. The highest BCUT2D eigenvalue weighted by molar-refractivity contribution is 5.44. The smallest absolute Gasteiger partial charge is 0.255 e. The number of hydrogen-bond donors (Lipinski definition) is 0. The molecule has 0 amide bonds. The first-order chi connectivity index (χ1) is 10.2. The van der Waals surface area contributed by atoms with E-state index >= 15 is 0 Å². The Labute approximate surface area is 122 Å². The van der Waals surface area contributed by atoms with Crippen LogP contribution in [0.3, 0.4) is 0 Å². The van der Waals surface area contributed by atoms with Crippen molar-refractivity contribution in [1.29, 1.82) is 0 Å². The third-order valence-electron chi connectivity index (χ3n) is 3.45. The van der Waals surface area contributed by atoms with E-state index < -0.39 is 0 Å². The van der Waals surface area contributed by atoms with Crippen molar-refractivity contribution in [3.8, 4) is 11.4 Å². The second-order valence-corrected chi connectivity index (χ2v) is 4.85. The van der Waals surface area contributed by atoms with Gasteiger partial charge in [-0.25, -0.2) is 4.68 Å². The van der Waals surface area contributed by atoms with Crippen molar-refractivity contribution in [2.75, 3.05) is 0 Å². The van der Waals surface area contributed by atoms with Gasteiger partial charge >= 0.3 is 0 Å². The monoisotopic (exact) mass is 280 g/mol. The highest BCUT2D eigenvalue weighted by atomic mass is 16.1. The predicted molar refractivity (Wildman–Crippen MR) is 81.1 cm³/mol. The molecule has 0 N–H and O–H groups in total. The number of nitrogens with zero attached hydrogens (tertiary/aromatic N) is 4. The van der Waals surface area contributed by atoms with Crippen LogP contribution in [0.2, 0.25) is 0 Å². The number of benzene rings is 1. The molecule has 2 heterocycles. The minimum Gasteiger partial charge on any atom is -0.281 e. The average Bonchev–Trinajstić information content (AvgIpc) is 2.93. The van der Waals surface area contributed by atoms with E-state index in [4.69, 9.17) is 0 Å². The molecule has 0 bridgehead atoms.